The molecule has 0 aliphatic heterocycles. The summed E-state index contributed by atoms with van der Waals surface area (Å²) in [5.74, 6) is -1.49. The Morgan fingerprint density at radius 1 is 1.47 bits per heavy atom. The van der Waals surface area contributed by atoms with E-state index in [4.69, 9.17) is 9.47 Å². The monoisotopic (exact) mass is 213 g/mol. The molecule has 0 fully saturated rings. The van der Waals surface area contributed by atoms with Crippen LogP contribution in [0.2, 0.25) is 0 Å². The van der Waals surface area contributed by atoms with Crippen LogP contribution >= 0.6 is 0 Å². The number of methoxy groups -OCH3 is 1. The molecule has 5 heteroatoms. The van der Waals surface area contributed by atoms with Crippen LogP contribution in [-0.2, 0) is 4.74 Å². The quantitative estimate of drug-likeness (QED) is 0.567. The zero-order valence-electron chi connectivity index (χ0n) is 8.78. The molecule has 0 aliphatic carbocycles. The number of aromatic nitrogens is 1. The van der Waals surface area contributed by atoms with Crippen molar-refractivity contribution in [2.45, 2.75) is 20.0 Å². The van der Waals surface area contributed by atoms with E-state index in [0.29, 0.717) is 0 Å². The summed E-state index contributed by atoms with van der Waals surface area (Å²) in [6.07, 6.45) is -0.293. The van der Waals surface area contributed by atoms with Crippen molar-refractivity contribution in [1.82, 2.24) is 4.98 Å². The van der Waals surface area contributed by atoms with Crippen LogP contribution in [-0.4, -0.2) is 24.2 Å². The average Bonchev–Trinajstić information content (AvgIpc) is 2.16. The maximum Gasteiger partial charge on any atom is 0.343 e. The van der Waals surface area contributed by atoms with Gasteiger partial charge in [-0.3, -0.25) is 0 Å². The molecule has 0 atom stereocenters. The van der Waals surface area contributed by atoms with Crippen molar-refractivity contribution in [3.63, 3.8) is 0 Å². The molecule has 0 saturated carbocycles. The van der Waals surface area contributed by atoms with Gasteiger partial charge in [-0.15, -0.1) is 0 Å². The average molecular weight is 213 g/mol. The molecule has 0 saturated heterocycles. The first-order valence-electron chi connectivity index (χ1n) is 4.46. The SMILES string of the molecule is COc1ccc(C(=O)OC(C)C)c(F)n1. The molecule has 0 aromatic carbocycles. The van der Waals surface area contributed by atoms with Crippen molar-refractivity contribution in [3.05, 3.63) is 23.6 Å². The highest BCUT2D eigenvalue weighted by molar-refractivity contribution is 5.89. The zero-order valence-corrected chi connectivity index (χ0v) is 8.78. The number of halogens is 1. The third-order valence-electron chi connectivity index (χ3n) is 1.59. The summed E-state index contributed by atoms with van der Waals surface area (Å²) in [7, 11) is 1.37. The second kappa shape index (κ2) is 4.72. The Bertz CT molecular complexity index is 366. The van der Waals surface area contributed by atoms with Crippen molar-refractivity contribution in [2.24, 2.45) is 0 Å². The highest BCUT2D eigenvalue weighted by Gasteiger charge is 2.16. The number of carbonyl (C=O) groups is 1. The van der Waals surface area contributed by atoms with Crippen LogP contribution in [0.5, 0.6) is 5.88 Å². The summed E-state index contributed by atoms with van der Waals surface area (Å²) >= 11 is 0. The molecule has 15 heavy (non-hydrogen) atoms. The minimum atomic E-state index is -0.889. The van der Waals surface area contributed by atoms with Crippen LogP contribution in [0.4, 0.5) is 4.39 Å². The van der Waals surface area contributed by atoms with E-state index in [2.05, 4.69) is 4.98 Å². The molecular formula is C10H12FNO3. The van der Waals surface area contributed by atoms with Gasteiger partial charge in [-0.05, 0) is 19.9 Å². The molecule has 1 heterocycles. The van der Waals surface area contributed by atoms with Gasteiger partial charge >= 0.3 is 5.97 Å². The van der Waals surface area contributed by atoms with Crippen molar-refractivity contribution in [2.75, 3.05) is 7.11 Å². The summed E-state index contributed by atoms with van der Waals surface area (Å²) in [5.41, 5.74) is -0.190. The van der Waals surface area contributed by atoms with Crippen molar-refractivity contribution in [3.8, 4) is 5.88 Å². The maximum absolute atomic E-state index is 13.2. The van der Waals surface area contributed by atoms with Gasteiger partial charge < -0.3 is 9.47 Å². The van der Waals surface area contributed by atoms with E-state index < -0.39 is 11.9 Å². The summed E-state index contributed by atoms with van der Waals surface area (Å²) in [6, 6.07) is 2.69. The van der Waals surface area contributed by atoms with Crippen LogP contribution < -0.4 is 4.74 Å². The lowest BCUT2D eigenvalue weighted by atomic mass is 10.3. The Balaban J connectivity index is 2.90. The standard InChI is InChI=1S/C10H12FNO3/c1-6(2)15-10(13)7-4-5-8(14-3)12-9(7)11/h4-6H,1-3H3. The number of rotatable bonds is 3. The molecule has 0 amide bonds. The molecule has 1 aromatic heterocycles. The third kappa shape index (κ3) is 2.90. The highest BCUT2D eigenvalue weighted by Crippen LogP contribution is 2.13. The first-order valence-corrected chi connectivity index (χ1v) is 4.46. The van der Waals surface area contributed by atoms with Crippen LogP contribution in [0.3, 0.4) is 0 Å². The predicted octanol–water partition coefficient (Wildman–Crippen LogP) is 1.79. The van der Waals surface area contributed by atoms with E-state index in [1.165, 1.54) is 19.2 Å². The Morgan fingerprint density at radius 2 is 2.13 bits per heavy atom. The lowest BCUT2D eigenvalue weighted by Gasteiger charge is -2.08. The molecule has 82 valence electrons. The van der Waals surface area contributed by atoms with E-state index in [9.17, 15) is 9.18 Å². The van der Waals surface area contributed by atoms with Gasteiger partial charge in [0.25, 0.3) is 0 Å². The van der Waals surface area contributed by atoms with Gasteiger partial charge in [0.2, 0.25) is 11.8 Å². The Kier molecular flexibility index (Phi) is 3.60. The summed E-state index contributed by atoms with van der Waals surface area (Å²) in [6.45, 7) is 3.37. The summed E-state index contributed by atoms with van der Waals surface area (Å²) < 4.78 is 22.8. The normalized spacial score (nSPS) is 10.2. The lowest BCUT2D eigenvalue weighted by molar-refractivity contribution is 0.0371. The molecule has 0 radical (unpaired) electrons. The number of hydrogen-bond donors (Lipinski definition) is 0. The van der Waals surface area contributed by atoms with Crippen molar-refractivity contribution >= 4 is 5.97 Å². The molecule has 0 bridgehead atoms. The molecule has 1 rings (SSSR count). The van der Waals surface area contributed by atoms with E-state index in [1.54, 1.807) is 13.8 Å². The Hall–Kier alpha value is -1.65. The van der Waals surface area contributed by atoms with Crippen LogP contribution in [0, 0.1) is 5.95 Å². The second-order valence-corrected chi connectivity index (χ2v) is 3.15. The molecule has 0 aliphatic rings. The smallest absolute Gasteiger partial charge is 0.343 e. The van der Waals surface area contributed by atoms with E-state index in [1.807, 2.05) is 0 Å². The maximum atomic E-state index is 13.2. The molecule has 0 spiro atoms. The number of carbonyl (C=O) groups excluding carboxylic acids is 1. The fraction of sp³-hybridized carbons (Fsp3) is 0.400. The minimum Gasteiger partial charge on any atom is -0.481 e. The first-order chi connectivity index (χ1) is 7.04. The second-order valence-electron chi connectivity index (χ2n) is 3.15. The minimum absolute atomic E-state index is 0.119. The molecule has 0 N–H and O–H groups in total. The van der Waals surface area contributed by atoms with E-state index in [0.717, 1.165) is 0 Å². The van der Waals surface area contributed by atoms with Gasteiger partial charge in [0.1, 0.15) is 5.56 Å². The lowest BCUT2D eigenvalue weighted by Crippen LogP contribution is -2.13. The van der Waals surface area contributed by atoms with Crippen LogP contribution in [0.15, 0.2) is 12.1 Å². The number of esters is 1. The summed E-state index contributed by atoms with van der Waals surface area (Å²) in [4.78, 5) is 14.8. The topological polar surface area (TPSA) is 48.4 Å². The first kappa shape index (κ1) is 11.4. The zero-order chi connectivity index (χ0) is 11.4. The Morgan fingerprint density at radius 3 is 2.60 bits per heavy atom. The fourth-order valence-electron chi connectivity index (χ4n) is 0.961. The van der Waals surface area contributed by atoms with Gasteiger partial charge in [0.05, 0.1) is 13.2 Å². The Labute approximate surface area is 87.0 Å². The van der Waals surface area contributed by atoms with Crippen LogP contribution in [0.25, 0.3) is 0 Å². The van der Waals surface area contributed by atoms with Crippen LogP contribution in [0.1, 0.15) is 24.2 Å². The molecule has 4 nitrogen and oxygen atoms in total. The number of nitrogens with zero attached hydrogens (tertiary/aromatic N) is 1. The predicted molar refractivity (Wildman–Crippen MR) is 51.3 cm³/mol. The van der Waals surface area contributed by atoms with Crippen molar-refractivity contribution in [1.29, 1.82) is 0 Å². The van der Waals surface area contributed by atoms with E-state index >= 15 is 0 Å². The van der Waals surface area contributed by atoms with Gasteiger partial charge in [0.15, 0.2) is 0 Å². The largest absolute Gasteiger partial charge is 0.481 e. The fourth-order valence-corrected chi connectivity index (χ4v) is 0.961. The molecule has 0 unspecified atom stereocenters. The molecule has 1 aromatic rings. The van der Waals surface area contributed by atoms with E-state index in [-0.39, 0.29) is 17.5 Å². The number of hydrogen-bond acceptors (Lipinski definition) is 4. The van der Waals surface area contributed by atoms with Gasteiger partial charge in [0, 0.05) is 6.07 Å². The molecular weight excluding hydrogens is 201 g/mol. The van der Waals surface area contributed by atoms with Gasteiger partial charge in [-0.25, -0.2) is 4.79 Å². The number of pyridine rings is 1. The van der Waals surface area contributed by atoms with Gasteiger partial charge in [-0.2, -0.15) is 9.37 Å². The highest BCUT2D eigenvalue weighted by atomic mass is 19.1. The van der Waals surface area contributed by atoms with Crippen molar-refractivity contribution < 1.29 is 18.7 Å². The van der Waals surface area contributed by atoms with Gasteiger partial charge in [-0.1, -0.05) is 0 Å². The summed E-state index contributed by atoms with van der Waals surface area (Å²) in [5, 5.41) is 0. The third-order valence-corrected chi connectivity index (χ3v) is 1.59. The number of ether oxygens (including phenoxy) is 2.